The third-order valence-electron chi connectivity index (χ3n) is 3.57. The molecule has 1 heterocycles. The van der Waals surface area contributed by atoms with Crippen molar-refractivity contribution < 1.29 is 17.9 Å². The number of halogens is 3. The molecule has 2 aromatic carbocycles. The Labute approximate surface area is 154 Å². The fourth-order valence-electron chi connectivity index (χ4n) is 2.35. The van der Waals surface area contributed by atoms with Crippen molar-refractivity contribution in [1.82, 2.24) is 9.97 Å². The quantitative estimate of drug-likeness (QED) is 0.606. The summed E-state index contributed by atoms with van der Waals surface area (Å²) in [5.41, 5.74) is 0.499. The minimum Gasteiger partial charge on any atom is -0.492 e. The highest BCUT2D eigenvalue weighted by molar-refractivity contribution is 5.64. The summed E-state index contributed by atoms with van der Waals surface area (Å²) in [5.74, 6) is 1.45. The molecular weight excluding hydrogens is 357 g/mol. The molecule has 3 aromatic rings. The fourth-order valence-corrected chi connectivity index (χ4v) is 2.35. The number of ether oxygens (including phenoxy) is 1. The highest BCUT2D eigenvalue weighted by Gasteiger charge is 2.29. The van der Waals surface area contributed by atoms with E-state index in [1.165, 1.54) is 12.1 Å². The second kappa shape index (κ2) is 7.94. The summed E-state index contributed by atoms with van der Waals surface area (Å²) in [4.78, 5) is 8.48. The van der Waals surface area contributed by atoms with Gasteiger partial charge < -0.3 is 15.4 Å². The molecule has 1 aromatic heterocycles. The number of benzene rings is 2. The van der Waals surface area contributed by atoms with Crippen molar-refractivity contribution in [2.24, 2.45) is 0 Å². The van der Waals surface area contributed by atoms with Gasteiger partial charge in [-0.25, -0.2) is 4.98 Å². The molecule has 0 aliphatic rings. The van der Waals surface area contributed by atoms with Gasteiger partial charge in [-0.1, -0.05) is 12.1 Å². The molecule has 5 nitrogen and oxygen atoms in total. The van der Waals surface area contributed by atoms with Gasteiger partial charge >= 0.3 is 6.18 Å². The molecule has 27 heavy (non-hydrogen) atoms. The number of alkyl halides is 3. The van der Waals surface area contributed by atoms with Crippen LogP contribution in [0.3, 0.4) is 0 Å². The minimum atomic E-state index is -4.36. The van der Waals surface area contributed by atoms with Gasteiger partial charge in [0, 0.05) is 11.9 Å². The van der Waals surface area contributed by atoms with Crippen LogP contribution in [0.2, 0.25) is 0 Å². The summed E-state index contributed by atoms with van der Waals surface area (Å²) in [6, 6.07) is 13.7. The molecule has 0 unspecified atom stereocenters. The average Bonchev–Trinajstić information content (AvgIpc) is 2.64. The van der Waals surface area contributed by atoms with Crippen LogP contribution in [0, 0.1) is 0 Å². The Hall–Kier alpha value is -3.29. The van der Waals surface area contributed by atoms with Crippen LogP contribution >= 0.6 is 0 Å². The number of hydrogen-bond donors (Lipinski definition) is 2. The molecule has 0 spiro atoms. The lowest BCUT2D eigenvalue weighted by molar-refractivity contribution is -0.137. The summed E-state index contributed by atoms with van der Waals surface area (Å²) in [7, 11) is 0. The first-order valence-corrected chi connectivity index (χ1v) is 8.22. The topological polar surface area (TPSA) is 59.1 Å². The van der Waals surface area contributed by atoms with Crippen LogP contribution in [0.4, 0.5) is 36.3 Å². The second-order valence-electron chi connectivity index (χ2n) is 5.52. The van der Waals surface area contributed by atoms with E-state index in [0.29, 0.717) is 35.5 Å². The largest absolute Gasteiger partial charge is 0.492 e. The van der Waals surface area contributed by atoms with E-state index >= 15 is 0 Å². The lowest BCUT2D eigenvalue weighted by Crippen LogP contribution is -2.05. The summed E-state index contributed by atoms with van der Waals surface area (Å²) < 4.78 is 43.5. The monoisotopic (exact) mass is 374 g/mol. The Bertz CT molecular complexity index is 898. The third-order valence-corrected chi connectivity index (χ3v) is 3.57. The Morgan fingerprint density at radius 3 is 2.41 bits per heavy atom. The zero-order valence-corrected chi connectivity index (χ0v) is 14.4. The van der Waals surface area contributed by atoms with Crippen LogP contribution in [0.1, 0.15) is 12.5 Å². The van der Waals surface area contributed by atoms with Crippen LogP contribution in [-0.2, 0) is 6.18 Å². The number of rotatable bonds is 6. The maximum absolute atomic E-state index is 12.6. The number of nitrogens with one attached hydrogen (secondary N) is 2. The van der Waals surface area contributed by atoms with E-state index in [1.807, 2.05) is 31.2 Å². The van der Waals surface area contributed by atoms with E-state index in [4.69, 9.17) is 4.74 Å². The lowest BCUT2D eigenvalue weighted by atomic mass is 10.2. The smallest absolute Gasteiger partial charge is 0.416 e. The van der Waals surface area contributed by atoms with Gasteiger partial charge in [0.1, 0.15) is 11.6 Å². The standard InChI is InChI=1S/C19H17F3N4O/c1-2-27-16-6-4-3-5-15(16)25-18-23-12-11-17(26-18)24-14-9-7-13(8-10-14)19(20,21)22/h3-12H,2H2,1H3,(H2,23,24,25,26). The number of nitrogens with zero attached hydrogens (tertiary/aromatic N) is 2. The predicted molar refractivity (Wildman–Crippen MR) is 97.7 cm³/mol. The average molecular weight is 374 g/mol. The Morgan fingerprint density at radius 2 is 1.70 bits per heavy atom. The van der Waals surface area contributed by atoms with Crippen molar-refractivity contribution in [3.05, 3.63) is 66.4 Å². The third kappa shape index (κ3) is 4.87. The molecule has 0 radical (unpaired) electrons. The highest BCUT2D eigenvalue weighted by atomic mass is 19.4. The number of hydrogen-bond acceptors (Lipinski definition) is 5. The van der Waals surface area contributed by atoms with E-state index in [2.05, 4.69) is 20.6 Å². The Kier molecular flexibility index (Phi) is 5.44. The molecule has 140 valence electrons. The number of para-hydroxylation sites is 2. The van der Waals surface area contributed by atoms with Gasteiger partial charge in [0.25, 0.3) is 0 Å². The van der Waals surface area contributed by atoms with Gasteiger partial charge in [-0.05, 0) is 49.4 Å². The molecule has 0 atom stereocenters. The normalized spacial score (nSPS) is 11.1. The lowest BCUT2D eigenvalue weighted by Gasteiger charge is -2.12. The zero-order valence-electron chi connectivity index (χ0n) is 14.4. The van der Waals surface area contributed by atoms with Gasteiger partial charge in [-0.3, -0.25) is 0 Å². The van der Waals surface area contributed by atoms with Crippen LogP contribution in [-0.4, -0.2) is 16.6 Å². The Morgan fingerprint density at radius 1 is 0.963 bits per heavy atom. The van der Waals surface area contributed by atoms with Crippen molar-refractivity contribution in [2.75, 3.05) is 17.2 Å². The van der Waals surface area contributed by atoms with Crippen molar-refractivity contribution in [3.8, 4) is 5.75 Å². The van der Waals surface area contributed by atoms with Crippen LogP contribution in [0.5, 0.6) is 5.75 Å². The molecule has 3 rings (SSSR count). The van der Waals surface area contributed by atoms with Crippen LogP contribution in [0.25, 0.3) is 0 Å². The van der Waals surface area contributed by atoms with E-state index in [1.54, 1.807) is 12.3 Å². The van der Waals surface area contributed by atoms with E-state index in [0.717, 1.165) is 12.1 Å². The van der Waals surface area contributed by atoms with Gasteiger partial charge in [-0.2, -0.15) is 18.2 Å². The van der Waals surface area contributed by atoms with E-state index in [-0.39, 0.29) is 0 Å². The van der Waals surface area contributed by atoms with E-state index in [9.17, 15) is 13.2 Å². The maximum atomic E-state index is 12.6. The summed E-state index contributed by atoms with van der Waals surface area (Å²) in [5, 5.41) is 6.04. The van der Waals surface area contributed by atoms with Crippen molar-refractivity contribution in [3.63, 3.8) is 0 Å². The highest BCUT2D eigenvalue weighted by Crippen LogP contribution is 2.30. The van der Waals surface area contributed by atoms with Gasteiger partial charge in [-0.15, -0.1) is 0 Å². The number of anilines is 4. The summed E-state index contributed by atoms with van der Waals surface area (Å²) in [6.45, 7) is 2.41. The molecule has 0 aliphatic carbocycles. The molecule has 8 heteroatoms. The second-order valence-corrected chi connectivity index (χ2v) is 5.52. The zero-order chi connectivity index (χ0) is 19.3. The predicted octanol–water partition coefficient (Wildman–Crippen LogP) is 5.38. The van der Waals surface area contributed by atoms with Gasteiger partial charge in [0.2, 0.25) is 5.95 Å². The summed E-state index contributed by atoms with van der Waals surface area (Å²) >= 11 is 0. The molecule has 0 saturated heterocycles. The van der Waals surface area contributed by atoms with Crippen molar-refractivity contribution >= 4 is 23.1 Å². The fraction of sp³-hybridized carbons (Fsp3) is 0.158. The first-order chi connectivity index (χ1) is 13.0. The first kappa shape index (κ1) is 18.5. The SMILES string of the molecule is CCOc1ccccc1Nc1nccc(Nc2ccc(C(F)(F)F)cc2)n1. The van der Waals surface area contributed by atoms with Crippen LogP contribution in [0.15, 0.2) is 60.8 Å². The first-order valence-electron chi connectivity index (χ1n) is 8.22. The molecular formula is C19H17F3N4O. The summed E-state index contributed by atoms with van der Waals surface area (Å²) in [6.07, 6.45) is -2.82. The molecule has 0 bridgehead atoms. The molecule has 2 N–H and O–H groups in total. The Balaban J connectivity index is 1.74. The molecule has 0 aliphatic heterocycles. The van der Waals surface area contributed by atoms with Crippen molar-refractivity contribution in [1.29, 1.82) is 0 Å². The molecule has 0 fully saturated rings. The van der Waals surface area contributed by atoms with Gasteiger partial charge in [0.05, 0.1) is 17.9 Å². The maximum Gasteiger partial charge on any atom is 0.416 e. The van der Waals surface area contributed by atoms with Crippen molar-refractivity contribution in [2.45, 2.75) is 13.1 Å². The van der Waals surface area contributed by atoms with Gasteiger partial charge in [0.15, 0.2) is 0 Å². The molecule has 0 amide bonds. The van der Waals surface area contributed by atoms with Crippen LogP contribution < -0.4 is 15.4 Å². The van der Waals surface area contributed by atoms with E-state index < -0.39 is 11.7 Å². The number of aromatic nitrogens is 2. The minimum absolute atomic E-state index is 0.332. The molecule has 0 saturated carbocycles.